The van der Waals surface area contributed by atoms with Crippen LogP contribution in [0.15, 0.2) is 180 Å². The van der Waals surface area contributed by atoms with Gasteiger partial charge in [-0.1, -0.05) is 161 Å². The van der Waals surface area contributed by atoms with Crippen LogP contribution in [0.3, 0.4) is 0 Å². The summed E-state index contributed by atoms with van der Waals surface area (Å²) in [6, 6.07) is 46.3. The molecule has 14 nitrogen and oxygen atoms in total. The molecule has 0 atom stereocenters. The van der Waals surface area contributed by atoms with Gasteiger partial charge in [0.2, 0.25) is 0 Å². The predicted molar refractivity (Wildman–Crippen MR) is 368 cm³/mol. The smallest absolute Gasteiger partial charge is 0.123 e. The van der Waals surface area contributed by atoms with E-state index in [1.165, 1.54) is 48.5 Å². The molecule has 464 valence electrons. The second-order valence-corrected chi connectivity index (χ2v) is 28.2. The number of para-hydroxylation sites is 4. The summed E-state index contributed by atoms with van der Waals surface area (Å²) in [5.74, 6) is -1.38. The molecule has 8 aromatic carbocycles. The van der Waals surface area contributed by atoms with E-state index in [0.717, 1.165) is 16.9 Å². The first kappa shape index (κ1) is 68.0. The molecular formula is C68H52Br2Cl4F4N14. The quantitative estimate of drug-likeness (QED) is 0.0423. The Morgan fingerprint density at radius 2 is 0.576 bits per heavy atom. The van der Waals surface area contributed by atoms with Gasteiger partial charge in [-0.25, -0.2) is 57.4 Å². The van der Waals surface area contributed by atoms with Gasteiger partial charge < -0.3 is 0 Å². The van der Waals surface area contributed by atoms with Gasteiger partial charge in [0.25, 0.3) is 0 Å². The van der Waals surface area contributed by atoms with Crippen molar-refractivity contribution in [2.45, 2.75) is 75.1 Å². The molecule has 12 aromatic rings. The number of fused-ring (bicyclic) bond motifs is 4. The van der Waals surface area contributed by atoms with E-state index in [4.69, 9.17) is 62.4 Å². The van der Waals surface area contributed by atoms with Gasteiger partial charge in [-0.15, -0.1) is 0 Å². The fourth-order valence-corrected chi connectivity index (χ4v) is 10.9. The fraction of sp³-hybridized carbons (Fsp3) is 0.176. The van der Waals surface area contributed by atoms with Crippen LogP contribution >= 0.6 is 78.3 Å². The minimum absolute atomic E-state index is 0.302. The minimum Gasteiger partial charge on any atom is -0.248 e. The second kappa shape index (κ2) is 28.2. The van der Waals surface area contributed by atoms with Crippen molar-refractivity contribution in [3.63, 3.8) is 0 Å². The van der Waals surface area contributed by atoms with E-state index < -0.39 is 19.7 Å². The van der Waals surface area contributed by atoms with Crippen LogP contribution in [0.4, 0.5) is 17.6 Å². The largest absolute Gasteiger partial charge is 0.248 e. The third-order valence-electron chi connectivity index (χ3n) is 13.8. The van der Waals surface area contributed by atoms with Gasteiger partial charge in [0.05, 0.1) is 107 Å². The first-order valence-corrected chi connectivity index (χ1v) is 31.1. The van der Waals surface area contributed by atoms with Crippen molar-refractivity contribution in [1.29, 1.82) is 0 Å². The van der Waals surface area contributed by atoms with Crippen LogP contribution in [0, 0.1) is 23.3 Å². The molecule has 0 amide bonds. The molecule has 4 aromatic heterocycles. The number of hydrogen-bond donors (Lipinski definition) is 0. The molecule has 24 heteroatoms. The second-order valence-electron chi connectivity index (χ2n) is 22.6. The monoisotopic (exact) mass is 1440 g/mol. The molecule has 0 bridgehead atoms. The Bertz CT molecular complexity index is 4900. The van der Waals surface area contributed by atoms with Crippen LogP contribution in [0.1, 0.15) is 78.2 Å². The lowest BCUT2D eigenvalue weighted by Crippen LogP contribution is -2.18. The lowest BCUT2D eigenvalue weighted by atomic mass is 9.95. The molecule has 0 radical (unpaired) electrons. The van der Waals surface area contributed by atoms with Gasteiger partial charge in [-0.2, -0.15) is 0 Å². The van der Waals surface area contributed by atoms with Crippen LogP contribution in [0.2, 0.25) is 20.1 Å². The first-order chi connectivity index (χ1) is 43.6. The van der Waals surface area contributed by atoms with Crippen molar-refractivity contribution in [2.24, 2.45) is 10.2 Å². The highest BCUT2D eigenvalue weighted by atomic mass is 79.9. The maximum absolute atomic E-state index is 13.7. The van der Waals surface area contributed by atoms with Gasteiger partial charge in [0, 0.05) is 32.1 Å². The Hall–Kier alpha value is -8.42. The number of rotatable bonds is 10. The van der Waals surface area contributed by atoms with Crippen molar-refractivity contribution in [3.8, 4) is 45.0 Å². The van der Waals surface area contributed by atoms with Crippen molar-refractivity contribution in [3.05, 3.63) is 257 Å². The molecule has 12 rings (SSSR count). The summed E-state index contributed by atoms with van der Waals surface area (Å²) < 4.78 is 53.7. The van der Waals surface area contributed by atoms with Crippen LogP contribution in [0.25, 0.3) is 110 Å². The van der Waals surface area contributed by atoms with Crippen LogP contribution in [0.5, 0.6) is 0 Å². The van der Waals surface area contributed by atoms with Crippen molar-refractivity contribution < 1.29 is 17.6 Å². The summed E-state index contributed by atoms with van der Waals surface area (Å²) in [5, 5.41) is 9.61. The maximum Gasteiger partial charge on any atom is 0.123 e. The average molecular weight is 1440 g/mol. The summed E-state index contributed by atoms with van der Waals surface area (Å²) in [6.45, 7) is 14.8. The van der Waals surface area contributed by atoms with Crippen LogP contribution in [-0.4, -0.2) is 39.9 Å². The number of hydrogen-bond acceptors (Lipinski definition) is 10. The van der Waals surface area contributed by atoms with Crippen LogP contribution in [-0.2, 0) is 19.7 Å². The van der Waals surface area contributed by atoms with E-state index in [0.29, 0.717) is 115 Å². The highest BCUT2D eigenvalue weighted by Crippen LogP contribution is 2.41. The summed E-state index contributed by atoms with van der Waals surface area (Å²) in [5.41, 5.74) is 27.6. The van der Waals surface area contributed by atoms with Gasteiger partial charge in [-0.05, 0) is 164 Å². The molecule has 0 N–H and O–H groups in total. The fourth-order valence-electron chi connectivity index (χ4n) is 9.52. The standard InChI is InChI=1S/2C17H13BrClFN2.2C17H13ClFN5/c1-17(2,18)16-14(10-5-3-6-11(20)9-10)22-15-12(19)7-4-8-13(15)21-16;1-17(2,18)16-14(10-5-3-6-11(20)9-10)21-13-8-4-7-12(19)15(13)22-16;1-17(2,23-24-20)16-14(10-5-3-6-11(19)9-10)22-15-12(18)7-4-8-13(15)21-16;1-17(2,23-24-20)16-14(10-5-3-6-11(19)9-10)21-13-8-4-7-12(18)15(13)22-16/h2*3-9H,1-2H3;2*3-9H,1-2H3. The molecule has 0 spiro atoms. The third kappa shape index (κ3) is 15.7. The van der Waals surface area contributed by atoms with E-state index in [2.05, 4.69) is 86.8 Å². The predicted octanol–water partition coefficient (Wildman–Crippen LogP) is 22.7. The number of benzene rings is 8. The normalized spacial score (nSPS) is 11.6. The van der Waals surface area contributed by atoms with Crippen molar-refractivity contribution in [2.75, 3.05) is 0 Å². The van der Waals surface area contributed by atoms with E-state index in [9.17, 15) is 17.6 Å². The Labute approximate surface area is 563 Å². The average Bonchev–Trinajstić information content (AvgIpc) is 0.795. The Morgan fingerprint density at radius 3 is 0.891 bits per heavy atom. The third-order valence-corrected chi connectivity index (χ3v) is 15.8. The molecule has 0 unspecified atom stereocenters. The molecule has 0 saturated carbocycles. The first-order valence-electron chi connectivity index (χ1n) is 28.0. The highest BCUT2D eigenvalue weighted by molar-refractivity contribution is 9.09. The number of aromatic nitrogens is 8. The Morgan fingerprint density at radius 1 is 0.337 bits per heavy atom. The minimum atomic E-state index is -0.975. The molecule has 0 saturated heterocycles. The topological polar surface area (TPSA) is 201 Å². The lowest BCUT2D eigenvalue weighted by molar-refractivity contribution is 0.533. The lowest BCUT2D eigenvalue weighted by Gasteiger charge is -2.21. The van der Waals surface area contributed by atoms with Crippen molar-refractivity contribution >= 4 is 122 Å². The molecule has 92 heavy (non-hydrogen) atoms. The van der Waals surface area contributed by atoms with E-state index in [1.807, 2.05) is 64.1 Å². The number of alkyl halides is 2. The van der Waals surface area contributed by atoms with Crippen LogP contribution < -0.4 is 0 Å². The van der Waals surface area contributed by atoms with Crippen molar-refractivity contribution in [1.82, 2.24) is 39.9 Å². The zero-order chi connectivity index (χ0) is 66.5. The maximum atomic E-state index is 13.7. The Balaban J connectivity index is 0.000000145. The highest BCUT2D eigenvalue weighted by Gasteiger charge is 2.31. The zero-order valence-electron chi connectivity index (χ0n) is 50.2. The molecule has 0 aliphatic rings. The summed E-state index contributed by atoms with van der Waals surface area (Å²) in [7, 11) is 0. The van der Waals surface area contributed by atoms with E-state index in [-0.39, 0.29) is 23.3 Å². The summed E-state index contributed by atoms with van der Waals surface area (Å²) >= 11 is 32.1. The summed E-state index contributed by atoms with van der Waals surface area (Å²) in [4.78, 5) is 42.9. The van der Waals surface area contributed by atoms with E-state index >= 15 is 0 Å². The van der Waals surface area contributed by atoms with Gasteiger partial charge in [0.15, 0.2) is 0 Å². The number of halogens is 10. The Kier molecular flexibility index (Phi) is 20.8. The van der Waals surface area contributed by atoms with Gasteiger partial charge in [-0.3, -0.25) is 0 Å². The molecule has 0 fully saturated rings. The molecule has 4 heterocycles. The molecular weight excluding hydrogens is 1390 g/mol. The SMILES string of the molecule is CC(C)(Br)c1nc2c(Cl)cccc2nc1-c1cccc(F)c1.CC(C)(Br)c1nc2cccc(Cl)c2nc1-c1cccc(F)c1.CC(C)(N=[N+]=[N-])c1nc2c(Cl)cccc2nc1-c1cccc(F)c1.CC(C)(N=[N+]=[N-])c1nc2cccc(Cl)c2nc1-c1cccc(F)c1. The zero-order valence-corrected chi connectivity index (χ0v) is 56.4. The van der Waals surface area contributed by atoms with Gasteiger partial charge in [0.1, 0.15) is 45.3 Å². The molecule has 0 aliphatic carbocycles. The van der Waals surface area contributed by atoms with E-state index in [1.54, 1.807) is 113 Å². The number of nitrogens with zero attached hydrogens (tertiary/aromatic N) is 14. The number of azide groups is 2. The molecule has 0 aliphatic heterocycles. The van der Waals surface area contributed by atoms with Gasteiger partial charge >= 0.3 is 0 Å². The summed E-state index contributed by atoms with van der Waals surface area (Å²) in [6.07, 6.45) is 0.